The number of hydrogen-bond acceptors (Lipinski definition) is 2. The van der Waals surface area contributed by atoms with Crippen molar-refractivity contribution in [3.05, 3.63) is 46.2 Å². The third-order valence-electron chi connectivity index (χ3n) is 3.96. The fourth-order valence-electron chi connectivity index (χ4n) is 3.03. The van der Waals surface area contributed by atoms with E-state index in [-0.39, 0.29) is 6.10 Å². The highest BCUT2D eigenvalue weighted by Crippen LogP contribution is 2.35. The Bertz CT molecular complexity index is 648. The van der Waals surface area contributed by atoms with Crippen molar-refractivity contribution in [2.45, 2.75) is 32.3 Å². The van der Waals surface area contributed by atoms with Crippen LogP contribution in [-0.4, -0.2) is 16.8 Å². The molecule has 2 aromatic rings. The first-order valence-corrected chi connectivity index (χ1v) is 7.22. The highest BCUT2D eigenvalue weighted by Gasteiger charge is 2.23. The Kier molecular flexibility index (Phi) is 3.48. The van der Waals surface area contributed by atoms with Gasteiger partial charge >= 0.3 is 0 Å². The van der Waals surface area contributed by atoms with Gasteiger partial charge in [0.15, 0.2) is 0 Å². The molecule has 0 aliphatic heterocycles. The van der Waals surface area contributed by atoms with Crippen LogP contribution in [0.25, 0.3) is 5.69 Å². The molecular formula is C16H18ClNO2. The third kappa shape index (κ3) is 2.11. The van der Waals surface area contributed by atoms with Gasteiger partial charge in [0.1, 0.15) is 5.75 Å². The van der Waals surface area contributed by atoms with Crippen molar-refractivity contribution in [3.8, 4) is 11.4 Å². The largest absolute Gasteiger partial charge is 0.495 e. The molecule has 1 aromatic heterocycles. The number of aryl methyl sites for hydroxylation is 1. The van der Waals surface area contributed by atoms with Crippen LogP contribution in [0, 0.1) is 6.92 Å². The molecule has 0 fully saturated rings. The van der Waals surface area contributed by atoms with Gasteiger partial charge in [0.2, 0.25) is 0 Å². The van der Waals surface area contributed by atoms with Crippen molar-refractivity contribution in [2.75, 3.05) is 7.11 Å². The van der Waals surface area contributed by atoms with Crippen LogP contribution in [0.15, 0.2) is 24.3 Å². The molecule has 1 aliphatic rings. The molecule has 106 valence electrons. The number of benzene rings is 1. The molecule has 1 unspecified atom stereocenters. The normalized spacial score (nSPS) is 17.9. The van der Waals surface area contributed by atoms with E-state index in [1.807, 2.05) is 18.2 Å². The Morgan fingerprint density at radius 3 is 2.85 bits per heavy atom. The number of aromatic nitrogens is 1. The molecule has 1 heterocycles. The second-order valence-corrected chi connectivity index (χ2v) is 5.66. The summed E-state index contributed by atoms with van der Waals surface area (Å²) < 4.78 is 7.38. The summed E-state index contributed by atoms with van der Waals surface area (Å²) in [5.41, 5.74) is 4.39. The van der Waals surface area contributed by atoms with E-state index in [0.29, 0.717) is 10.8 Å². The number of fused-ring (bicyclic) bond motifs is 1. The van der Waals surface area contributed by atoms with Crippen LogP contribution >= 0.6 is 11.6 Å². The van der Waals surface area contributed by atoms with Crippen molar-refractivity contribution in [1.29, 1.82) is 0 Å². The van der Waals surface area contributed by atoms with Gasteiger partial charge in [-0.1, -0.05) is 11.6 Å². The fraction of sp³-hybridized carbons (Fsp3) is 0.375. The average Bonchev–Trinajstić information content (AvgIpc) is 2.76. The molecule has 3 rings (SSSR count). The predicted octanol–water partition coefficient (Wildman–Crippen LogP) is 3.82. The second-order valence-electron chi connectivity index (χ2n) is 5.25. The molecule has 1 atom stereocenters. The van der Waals surface area contributed by atoms with Crippen LogP contribution in [0.4, 0.5) is 0 Å². The monoisotopic (exact) mass is 291 g/mol. The van der Waals surface area contributed by atoms with E-state index in [9.17, 15) is 5.11 Å². The number of hydrogen-bond donors (Lipinski definition) is 1. The highest BCUT2D eigenvalue weighted by molar-refractivity contribution is 6.32. The van der Waals surface area contributed by atoms with Gasteiger partial charge < -0.3 is 14.4 Å². The molecular weight excluding hydrogens is 274 g/mol. The summed E-state index contributed by atoms with van der Waals surface area (Å²) in [4.78, 5) is 0. The number of aliphatic hydroxyl groups is 1. The van der Waals surface area contributed by atoms with E-state index in [1.54, 1.807) is 7.11 Å². The molecule has 1 aromatic carbocycles. The third-order valence-corrected chi connectivity index (χ3v) is 4.26. The molecule has 0 saturated heterocycles. The molecule has 0 bridgehead atoms. The van der Waals surface area contributed by atoms with Gasteiger partial charge in [-0.2, -0.15) is 0 Å². The van der Waals surface area contributed by atoms with Gasteiger partial charge in [0, 0.05) is 22.6 Å². The lowest BCUT2D eigenvalue weighted by Crippen LogP contribution is -2.11. The van der Waals surface area contributed by atoms with Crippen LogP contribution < -0.4 is 4.74 Å². The molecule has 0 spiro atoms. The molecule has 0 radical (unpaired) electrons. The Labute approximate surface area is 123 Å². The van der Waals surface area contributed by atoms with E-state index in [1.165, 1.54) is 5.69 Å². The summed E-state index contributed by atoms with van der Waals surface area (Å²) in [6.07, 6.45) is 2.51. The first kappa shape index (κ1) is 13.5. The Morgan fingerprint density at radius 2 is 2.15 bits per heavy atom. The highest BCUT2D eigenvalue weighted by atomic mass is 35.5. The van der Waals surface area contributed by atoms with Gasteiger partial charge in [0.05, 0.1) is 18.2 Å². The molecule has 3 nitrogen and oxygen atoms in total. The van der Waals surface area contributed by atoms with Gasteiger partial charge in [0.25, 0.3) is 0 Å². The quantitative estimate of drug-likeness (QED) is 0.913. The number of rotatable bonds is 2. The molecule has 20 heavy (non-hydrogen) atoms. The number of ether oxygens (including phenoxy) is 1. The molecule has 1 N–H and O–H groups in total. The van der Waals surface area contributed by atoms with Crippen LogP contribution in [-0.2, 0) is 6.42 Å². The summed E-state index contributed by atoms with van der Waals surface area (Å²) in [6.45, 7) is 2.06. The van der Waals surface area contributed by atoms with Crippen LogP contribution in [0.2, 0.25) is 5.02 Å². The van der Waals surface area contributed by atoms with E-state index >= 15 is 0 Å². The summed E-state index contributed by atoms with van der Waals surface area (Å²) in [5.74, 6) is 0.675. The van der Waals surface area contributed by atoms with Crippen molar-refractivity contribution >= 4 is 11.6 Å². The maximum absolute atomic E-state index is 10.1. The average molecular weight is 292 g/mol. The maximum Gasteiger partial charge on any atom is 0.137 e. The lowest BCUT2D eigenvalue weighted by Gasteiger charge is -2.20. The lowest BCUT2D eigenvalue weighted by atomic mass is 9.95. The smallest absolute Gasteiger partial charge is 0.137 e. The minimum absolute atomic E-state index is 0.340. The first-order valence-electron chi connectivity index (χ1n) is 6.85. The molecule has 0 saturated carbocycles. The van der Waals surface area contributed by atoms with E-state index in [2.05, 4.69) is 17.6 Å². The summed E-state index contributed by atoms with van der Waals surface area (Å²) in [5, 5.41) is 10.7. The van der Waals surface area contributed by atoms with Crippen LogP contribution in [0.3, 0.4) is 0 Å². The van der Waals surface area contributed by atoms with Crippen molar-refractivity contribution in [3.63, 3.8) is 0 Å². The minimum Gasteiger partial charge on any atom is -0.495 e. The van der Waals surface area contributed by atoms with Crippen molar-refractivity contribution < 1.29 is 9.84 Å². The lowest BCUT2D eigenvalue weighted by molar-refractivity contribution is 0.156. The summed E-state index contributed by atoms with van der Waals surface area (Å²) in [7, 11) is 1.61. The van der Waals surface area contributed by atoms with Gasteiger partial charge in [-0.25, -0.2) is 0 Å². The fourth-order valence-corrected chi connectivity index (χ4v) is 3.28. The first-order chi connectivity index (χ1) is 9.61. The topological polar surface area (TPSA) is 34.4 Å². The summed E-state index contributed by atoms with van der Waals surface area (Å²) in [6, 6.07) is 7.87. The van der Waals surface area contributed by atoms with Crippen molar-refractivity contribution in [2.24, 2.45) is 0 Å². The zero-order chi connectivity index (χ0) is 14.3. The second kappa shape index (κ2) is 5.15. The Balaban J connectivity index is 2.13. The maximum atomic E-state index is 10.1. The molecule has 1 aliphatic carbocycles. The van der Waals surface area contributed by atoms with Crippen molar-refractivity contribution in [1.82, 2.24) is 4.57 Å². The van der Waals surface area contributed by atoms with Gasteiger partial charge in [-0.3, -0.25) is 0 Å². The number of nitrogens with zero attached hydrogens (tertiary/aromatic N) is 1. The van der Waals surface area contributed by atoms with E-state index in [0.717, 1.165) is 36.2 Å². The zero-order valence-corrected chi connectivity index (χ0v) is 12.4. The summed E-state index contributed by atoms with van der Waals surface area (Å²) >= 11 is 6.22. The van der Waals surface area contributed by atoms with Crippen LogP contribution in [0.5, 0.6) is 5.75 Å². The van der Waals surface area contributed by atoms with E-state index < -0.39 is 0 Å². The van der Waals surface area contributed by atoms with Gasteiger partial charge in [-0.05, 0) is 50.5 Å². The number of halogens is 1. The SMILES string of the molecule is COc1ccc(-n2c(C)cc3c2CCCC3O)cc1Cl. The van der Waals surface area contributed by atoms with E-state index in [4.69, 9.17) is 16.3 Å². The Morgan fingerprint density at radius 1 is 1.35 bits per heavy atom. The number of methoxy groups -OCH3 is 1. The van der Waals surface area contributed by atoms with Gasteiger partial charge in [-0.15, -0.1) is 0 Å². The number of aliphatic hydroxyl groups excluding tert-OH is 1. The van der Waals surface area contributed by atoms with Crippen LogP contribution in [0.1, 0.15) is 35.9 Å². The molecule has 4 heteroatoms. The molecule has 0 amide bonds. The Hall–Kier alpha value is -1.45. The zero-order valence-electron chi connectivity index (χ0n) is 11.7. The minimum atomic E-state index is -0.340. The standard InChI is InChI=1S/C16H18ClNO2/c1-10-8-12-14(4-3-5-15(12)19)18(10)11-6-7-16(20-2)13(17)9-11/h6-9,15,19H,3-5H2,1-2H3. The predicted molar refractivity (Wildman–Crippen MR) is 80.0 cm³/mol.